The summed E-state index contributed by atoms with van der Waals surface area (Å²) in [5, 5.41) is 0.440. The van der Waals surface area contributed by atoms with Crippen LogP contribution in [0.3, 0.4) is 0 Å². The fourth-order valence-electron chi connectivity index (χ4n) is 0.903. The molecule has 0 rings (SSSR count). The molecule has 0 fully saturated rings. The van der Waals surface area contributed by atoms with E-state index in [9.17, 15) is 13.2 Å². The lowest BCUT2D eigenvalue weighted by Gasteiger charge is -2.24. The predicted molar refractivity (Wildman–Crippen MR) is 58.3 cm³/mol. The average molecular weight is 287 g/mol. The van der Waals surface area contributed by atoms with Gasteiger partial charge in [0.25, 0.3) is 0 Å². The molecule has 0 aromatic rings. The third kappa shape index (κ3) is 2.95. The van der Waals surface area contributed by atoms with Gasteiger partial charge in [0.1, 0.15) is 0 Å². The highest BCUT2D eigenvalue weighted by Crippen LogP contribution is 2.23. The number of carbonyl (C=O) groups is 1. The van der Waals surface area contributed by atoms with Crippen molar-refractivity contribution in [2.45, 2.75) is 25.0 Å². The standard InChI is InChI=1S/C8H15BrO4S/c1-4-13-7(10)8(2,5-6-9)14(3,11)12/h4-6H2,1-3H3/t8-/m0/s1. The summed E-state index contributed by atoms with van der Waals surface area (Å²) in [6, 6.07) is 0. The van der Waals surface area contributed by atoms with E-state index in [0.717, 1.165) is 6.26 Å². The number of hydrogen-bond donors (Lipinski definition) is 0. The van der Waals surface area contributed by atoms with E-state index < -0.39 is 20.6 Å². The van der Waals surface area contributed by atoms with Crippen LogP contribution in [0.25, 0.3) is 0 Å². The number of esters is 1. The second-order valence-corrected chi connectivity index (χ2v) is 6.40. The van der Waals surface area contributed by atoms with Crippen LogP contribution in [-0.2, 0) is 19.4 Å². The molecule has 0 aromatic heterocycles. The van der Waals surface area contributed by atoms with Crippen LogP contribution in [0.15, 0.2) is 0 Å². The normalized spacial score (nSPS) is 16.0. The van der Waals surface area contributed by atoms with Gasteiger partial charge in [-0.1, -0.05) is 15.9 Å². The van der Waals surface area contributed by atoms with Gasteiger partial charge in [0.2, 0.25) is 0 Å². The fourth-order valence-corrected chi connectivity index (χ4v) is 2.79. The number of hydrogen-bond acceptors (Lipinski definition) is 4. The highest BCUT2D eigenvalue weighted by atomic mass is 79.9. The van der Waals surface area contributed by atoms with E-state index in [4.69, 9.17) is 4.74 Å². The van der Waals surface area contributed by atoms with Gasteiger partial charge < -0.3 is 4.74 Å². The molecule has 0 saturated heterocycles. The van der Waals surface area contributed by atoms with Gasteiger partial charge in [-0.2, -0.15) is 0 Å². The number of rotatable bonds is 5. The predicted octanol–water partition coefficient (Wildman–Crippen LogP) is 1.14. The molecule has 0 radical (unpaired) electrons. The first-order chi connectivity index (χ1) is 6.29. The summed E-state index contributed by atoms with van der Waals surface area (Å²) in [5.74, 6) is -0.679. The Kier molecular flexibility index (Phi) is 5.08. The van der Waals surface area contributed by atoms with Gasteiger partial charge in [0, 0.05) is 11.6 Å². The van der Waals surface area contributed by atoms with Gasteiger partial charge in [0.05, 0.1) is 6.61 Å². The third-order valence-electron chi connectivity index (χ3n) is 2.10. The molecule has 0 N–H and O–H groups in total. The Morgan fingerprint density at radius 1 is 1.50 bits per heavy atom. The molecule has 0 heterocycles. The first-order valence-corrected chi connectivity index (χ1v) is 7.23. The second kappa shape index (κ2) is 5.11. The van der Waals surface area contributed by atoms with Crippen molar-refractivity contribution in [2.75, 3.05) is 18.2 Å². The first-order valence-electron chi connectivity index (χ1n) is 4.22. The third-order valence-corrected chi connectivity index (χ3v) is 4.50. The van der Waals surface area contributed by atoms with E-state index in [1.807, 2.05) is 0 Å². The van der Waals surface area contributed by atoms with Gasteiger partial charge in [-0.25, -0.2) is 8.42 Å². The molecule has 6 heteroatoms. The Morgan fingerprint density at radius 3 is 2.29 bits per heavy atom. The summed E-state index contributed by atoms with van der Waals surface area (Å²) < 4.78 is 26.2. The van der Waals surface area contributed by atoms with Gasteiger partial charge in [-0.05, 0) is 20.3 Å². The minimum absolute atomic E-state index is 0.187. The molecule has 0 aromatic carbocycles. The van der Waals surface area contributed by atoms with E-state index in [0.29, 0.717) is 5.33 Å². The van der Waals surface area contributed by atoms with Crippen LogP contribution in [0, 0.1) is 0 Å². The molecule has 0 saturated carbocycles. The number of sulfone groups is 1. The SMILES string of the molecule is CCOC(=O)[C@](C)(CCBr)S(C)(=O)=O. The van der Waals surface area contributed by atoms with E-state index in [1.165, 1.54) is 6.92 Å². The Morgan fingerprint density at radius 2 is 2.00 bits per heavy atom. The molecule has 0 aliphatic rings. The van der Waals surface area contributed by atoms with Gasteiger partial charge in [-0.15, -0.1) is 0 Å². The summed E-state index contributed by atoms with van der Waals surface area (Å²) in [7, 11) is -3.45. The van der Waals surface area contributed by atoms with Gasteiger partial charge in [0.15, 0.2) is 14.6 Å². The summed E-state index contributed by atoms with van der Waals surface area (Å²) >= 11 is 3.12. The summed E-state index contributed by atoms with van der Waals surface area (Å²) in [6.07, 6.45) is 1.26. The molecule has 0 bridgehead atoms. The van der Waals surface area contributed by atoms with Gasteiger partial charge in [-0.3, -0.25) is 4.79 Å². The van der Waals surface area contributed by atoms with Crippen molar-refractivity contribution >= 4 is 31.7 Å². The average Bonchev–Trinajstić information content (AvgIpc) is 2.03. The molecule has 0 spiro atoms. The maximum atomic E-state index is 11.5. The zero-order chi connectivity index (χ0) is 11.4. The monoisotopic (exact) mass is 286 g/mol. The Labute approximate surface area is 93.1 Å². The molecule has 0 amide bonds. The quantitative estimate of drug-likeness (QED) is 0.562. The molecule has 4 nitrogen and oxygen atoms in total. The summed E-state index contributed by atoms with van der Waals surface area (Å²) in [4.78, 5) is 11.5. The van der Waals surface area contributed by atoms with E-state index in [1.54, 1.807) is 6.92 Å². The van der Waals surface area contributed by atoms with Crippen molar-refractivity contribution in [3.8, 4) is 0 Å². The molecule has 1 atom stereocenters. The summed E-state index contributed by atoms with van der Waals surface area (Å²) in [5.41, 5.74) is 0. The number of carbonyl (C=O) groups excluding carboxylic acids is 1. The number of alkyl halides is 1. The van der Waals surface area contributed by atoms with Gasteiger partial charge >= 0.3 is 5.97 Å². The smallest absolute Gasteiger partial charge is 0.327 e. The maximum Gasteiger partial charge on any atom is 0.327 e. The van der Waals surface area contributed by atoms with Crippen molar-refractivity contribution in [2.24, 2.45) is 0 Å². The minimum atomic E-state index is -3.45. The van der Waals surface area contributed by atoms with Crippen molar-refractivity contribution < 1.29 is 17.9 Å². The maximum absolute atomic E-state index is 11.5. The fraction of sp³-hybridized carbons (Fsp3) is 0.875. The molecule has 0 aliphatic heterocycles. The minimum Gasteiger partial charge on any atom is -0.465 e. The van der Waals surface area contributed by atoms with Crippen LogP contribution in [0.2, 0.25) is 0 Å². The van der Waals surface area contributed by atoms with E-state index in [2.05, 4.69) is 15.9 Å². The first kappa shape index (κ1) is 13.9. The molecule has 0 aliphatic carbocycles. The highest BCUT2D eigenvalue weighted by Gasteiger charge is 2.44. The van der Waals surface area contributed by atoms with Crippen molar-refractivity contribution in [1.29, 1.82) is 0 Å². The molecule has 0 unspecified atom stereocenters. The van der Waals surface area contributed by atoms with E-state index >= 15 is 0 Å². The topological polar surface area (TPSA) is 60.4 Å². The van der Waals surface area contributed by atoms with Crippen LogP contribution in [-0.4, -0.2) is 37.3 Å². The lowest BCUT2D eigenvalue weighted by atomic mass is 10.1. The molecular weight excluding hydrogens is 272 g/mol. The zero-order valence-electron chi connectivity index (χ0n) is 8.54. The van der Waals surface area contributed by atoms with Crippen LogP contribution in [0.5, 0.6) is 0 Å². The number of halogens is 1. The van der Waals surface area contributed by atoms with Crippen LogP contribution in [0.4, 0.5) is 0 Å². The lowest BCUT2D eigenvalue weighted by molar-refractivity contribution is -0.145. The van der Waals surface area contributed by atoms with Crippen molar-refractivity contribution in [3.05, 3.63) is 0 Å². The largest absolute Gasteiger partial charge is 0.465 e. The Balaban J connectivity index is 5.01. The summed E-state index contributed by atoms with van der Waals surface area (Å²) in [6.45, 7) is 3.22. The number of ether oxygens (including phenoxy) is 1. The molecule has 14 heavy (non-hydrogen) atoms. The Bertz CT molecular complexity index is 298. The van der Waals surface area contributed by atoms with Crippen LogP contribution in [0.1, 0.15) is 20.3 Å². The highest BCUT2D eigenvalue weighted by molar-refractivity contribution is 9.09. The Hall–Kier alpha value is -0.100. The van der Waals surface area contributed by atoms with Crippen LogP contribution < -0.4 is 0 Å². The second-order valence-electron chi connectivity index (χ2n) is 3.16. The van der Waals surface area contributed by atoms with Crippen LogP contribution >= 0.6 is 15.9 Å². The molecular formula is C8H15BrO4S. The van der Waals surface area contributed by atoms with Crippen molar-refractivity contribution in [3.63, 3.8) is 0 Å². The van der Waals surface area contributed by atoms with Crippen molar-refractivity contribution in [1.82, 2.24) is 0 Å². The lowest BCUT2D eigenvalue weighted by Crippen LogP contribution is -2.44. The zero-order valence-corrected chi connectivity index (χ0v) is 10.9. The molecule has 84 valence electrons. The van der Waals surface area contributed by atoms with E-state index in [-0.39, 0.29) is 13.0 Å².